The highest BCUT2D eigenvalue weighted by Crippen LogP contribution is 2.39. The average Bonchev–Trinajstić information content (AvgIpc) is 3.03. The lowest BCUT2D eigenvalue weighted by Gasteiger charge is -2.24. The summed E-state index contributed by atoms with van der Waals surface area (Å²) in [4.78, 5) is 12.5. The normalized spacial score (nSPS) is 11.3. The summed E-state index contributed by atoms with van der Waals surface area (Å²) < 4.78 is 8.30. The zero-order valence-electron chi connectivity index (χ0n) is 17.9. The summed E-state index contributed by atoms with van der Waals surface area (Å²) in [6.07, 6.45) is 0. The Balaban J connectivity index is 2.46. The van der Waals surface area contributed by atoms with Crippen molar-refractivity contribution >= 4 is 21.9 Å². The van der Waals surface area contributed by atoms with Gasteiger partial charge in [-0.2, -0.15) is 0 Å². The maximum Gasteiger partial charge on any atom is 0.339 e. The van der Waals surface area contributed by atoms with Crippen LogP contribution in [0, 0.1) is 6.92 Å². The Morgan fingerprint density at radius 3 is 2.07 bits per heavy atom. The molecule has 3 rings (SSSR count). The SMILES string of the molecule is COC(=O)c1cc(-c2ccccc2Br)n(-c2c(C(C)C)cccc2C(C)C)c1C. The van der Waals surface area contributed by atoms with Crippen molar-refractivity contribution in [1.82, 2.24) is 4.57 Å². The molecule has 0 aliphatic rings. The summed E-state index contributed by atoms with van der Waals surface area (Å²) in [5.41, 5.74) is 7.18. The Labute approximate surface area is 181 Å². The number of hydrogen-bond acceptors (Lipinski definition) is 2. The van der Waals surface area contributed by atoms with E-state index in [9.17, 15) is 4.79 Å². The molecule has 0 aliphatic heterocycles. The number of esters is 1. The van der Waals surface area contributed by atoms with Crippen LogP contribution >= 0.6 is 15.9 Å². The maximum absolute atomic E-state index is 12.5. The standard InChI is InChI=1S/C25H28BrNO2/c1-15(2)18-11-9-12-19(16(3)4)24(18)27-17(5)21(25(28)29-6)14-23(27)20-10-7-8-13-22(20)26/h7-16H,1-6H3. The van der Waals surface area contributed by atoms with Crippen molar-refractivity contribution in [2.45, 2.75) is 46.5 Å². The van der Waals surface area contributed by atoms with Gasteiger partial charge in [0, 0.05) is 15.7 Å². The van der Waals surface area contributed by atoms with Crippen LogP contribution in [0.2, 0.25) is 0 Å². The number of carbonyl (C=O) groups excluding carboxylic acids is 1. The van der Waals surface area contributed by atoms with Gasteiger partial charge in [0.1, 0.15) is 0 Å². The van der Waals surface area contributed by atoms with Crippen molar-refractivity contribution in [1.29, 1.82) is 0 Å². The van der Waals surface area contributed by atoms with Crippen molar-refractivity contribution in [3.8, 4) is 16.9 Å². The predicted octanol–water partition coefficient (Wildman–Crippen LogP) is 7.25. The summed E-state index contributed by atoms with van der Waals surface area (Å²) in [6.45, 7) is 10.8. The van der Waals surface area contributed by atoms with Crippen LogP contribution in [0.3, 0.4) is 0 Å². The van der Waals surface area contributed by atoms with E-state index in [-0.39, 0.29) is 5.97 Å². The molecular formula is C25H28BrNO2. The number of para-hydroxylation sites is 1. The second-order valence-electron chi connectivity index (χ2n) is 7.93. The van der Waals surface area contributed by atoms with Gasteiger partial charge in [0.2, 0.25) is 0 Å². The fourth-order valence-electron chi connectivity index (χ4n) is 3.85. The van der Waals surface area contributed by atoms with Gasteiger partial charge in [0.25, 0.3) is 0 Å². The van der Waals surface area contributed by atoms with Gasteiger partial charge >= 0.3 is 5.97 Å². The number of ether oxygens (including phenoxy) is 1. The van der Waals surface area contributed by atoms with Gasteiger partial charge in [0.15, 0.2) is 0 Å². The molecule has 0 amide bonds. The minimum atomic E-state index is -0.317. The molecule has 0 atom stereocenters. The zero-order chi connectivity index (χ0) is 21.3. The van der Waals surface area contributed by atoms with Gasteiger partial charge in [-0.15, -0.1) is 0 Å². The van der Waals surface area contributed by atoms with Crippen LogP contribution in [-0.2, 0) is 4.74 Å². The molecule has 1 aromatic heterocycles. The minimum absolute atomic E-state index is 0.317. The molecule has 29 heavy (non-hydrogen) atoms. The van der Waals surface area contributed by atoms with E-state index in [1.54, 1.807) is 0 Å². The molecule has 0 unspecified atom stereocenters. The van der Waals surface area contributed by atoms with E-state index >= 15 is 0 Å². The smallest absolute Gasteiger partial charge is 0.339 e. The van der Waals surface area contributed by atoms with Crippen molar-refractivity contribution in [2.24, 2.45) is 0 Å². The number of aromatic nitrogens is 1. The lowest BCUT2D eigenvalue weighted by atomic mass is 9.92. The van der Waals surface area contributed by atoms with Crippen LogP contribution in [-0.4, -0.2) is 17.6 Å². The van der Waals surface area contributed by atoms with Gasteiger partial charge in [-0.1, -0.05) is 80.0 Å². The number of benzene rings is 2. The molecule has 2 aromatic carbocycles. The highest BCUT2D eigenvalue weighted by molar-refractivity contribution is 9.10. The van der Waals surface area contributed by atoms with Crippen LogP contribution in [0.5, 0.6) is 0 Å². The van der Waals surface area contributed by atoms with Crippen molar-refractivity contribution < 1.29 is 9.53 Å². The summed E-state index contributed by atoms with van der Waals surface area (Å²) in [5.74, 6) is 0.376. The van der Waals surface area contributed by atoms with Crippen molar-refractivity contribution in [3.05, 3.63) is 75.4 Å². The van der Waals surface area contributed by atoms with Crippen LogP contribution in [0.4, 0.5) is 0 Å². The van der Waals surface area contributed by atoms with Crippen LogP contribution in [0.15, 0.2) is 53.0 Å². The number of carbonyl (C=O) groups is 1. The second-order valence-corrected chi connectivity index (χ2v) is 8.78. The molecule has 152 valence electrons. The first-order valence-electron chi connectivity index (χ1n) is 9.96. The molecule has 0 aliphatic carbocycles. The number of rotatable bonds is 5. The molecule has 0 N–H and O–H groups in total. The average molecular weight is 454 g/mol. The summed E-state index contributed by atoms with van der Waals surface area (Å²) >= 11 is 3.69. The Bertz CT molecular complexity index is 1020. The monoisotopic (exact) mass is 453 g/mol. The van der Waals surface area contributed by atoms with Crippen molar-refractivity contribution in [2.75, 3.05) is 7.11 Å². The molecule has 0 spiro atoms. The zero-order valence-corrected chi connectivity index (χ0v) is 19.5. The van der Waals surface area contributed by atoms with E-state index < -0.39 is 0 Å². The number of nitrogens with zero attached hydrogens (tertiary/aromatic N) is 1. The molecule has 3 aromatic rings. The predicted molar refractivity (Wildman–Crippen MR) is 123 cm³/mol. The molecule has 0 radical (unpaired) electrons. The lowest BCUT2D eigenvalue weighted by molar-refractivity contribution is 0.0600. The fourth-order valence-corrected chi connectivity index (χ4v) is 4.34. The number of halogens is 1. The molecule has 1 heterocycles. The maximum atomic E-state index is 12.5. The van der Waals surface area contributed by atoms with E-state index in [1.165, 1.54) is 18.2 Å². The first-order chi connectivity index (χ1) is 13.8. The van der Waals surface area contributed by atoms with Crippen LogP contribution in [0.25, 0.3) is 16.9 Å². The van der Waals surface area contributed by atoms with E-state index in [1.807, 2.05) is 31.2 Å². The number of hydrogen-bond donors (Lipinski definition) is 0. The number of methoxy groups -OCH3 is 1. The molecule has 0 bridgehead atoms. The summed E-state index contributed by atoms with van der Waals surface area (Å²) in [7, 11) is 1.43. The van der Waals surface area contributed by atoms with E-state index in [0.717, 1.165) is 27.1 Å². The van der Waals surface area contributed by atoms with Crippen LogP contribution < -0.4 is 0 Å². The fraction of sp³-hybridized carbons (Fsp3) is 0.320. The summed E-state index contributed by atoms with van der Waals surface area (Å²) in [6, 6.07) is 16.6. The van der Waals surface area contributed by atoms with Gasteiger partial charge in [-0.05, 0) is 42.0 Å². The van der Waals surface area contributed by atoms with Gasteiger partial charge in [-0.25, -0.2) is 4.79 Å². The molecule has 4 heteroatoms. The topological polar surface area (TPSA) is 31.2 Å². The Morgan fingerprint density at radius 2 is 1.55 bits per heavy atom. The van der Waals surface area contributed by atoms with Gasteiger partial charge in [0.05, 0.1) is 24.1 Å². The Hall–Kier alpha value is -2.33. The Kier molecular flexibility index (Phi) is 6.33. The minimum Gasteiger partial charge on any atom is -0.465 e. The first kappa shape index (κ1) is 21.4. The first-order valence-corrected chi connectivity index (χ1v) is 10.8. The molecule has 0 saturated heterocycles. The third kappa shape index (κ3) is 3.91. The van der Waals surface area contributed by atoms with E-state index in [4.69, 9.17) is 4.74 Å². The van der Waals surface area contributed by atoms with E-state index in [0.29, 0.717) is 17.4 Å². The van der Waals surface area contributed by atoms with Gasteiger partial charge < -0.3 is 9.30 Å². The molecule has 3 nitrogen and oxygen atoms in total. The highest BCUT2D eigenvalue weighted by atomic mass is 79.9. The van der Waals surface area contributed by atoms with Crippen molar-refractivity contribution in [3.63, 3.8) is 0 Å². The van der Waals surface area contributed by atoms with Crippen LogP contribution in [0.1, 0.15) is 66.7 Å². The third-order valence-electron chi connectivity index (χ3n) is 5.37. The van der Waals surface area contributed by atoms with E-state index in [2.05, 4.69) is 72.5 Å². The molecular weight excluding hydrogens is 426 g/mol. The summed E-state index contributed by atoms with van der Waals surface area (Å²) in [5, 5.41) is 0. The quantitative estimate of drug-likeness (QED) is 0.380. The molecule has 0 saturated carbocycles. The molecule has 0 fully saturated rings. The third-order valence-corrected chi connectivity index (χ3v) is 6.06. The highest BCUT2D eigenvalue weighted by Gasteiger charge is 2.25. The second kappa shape index (κ2) is 8.58. The lowest BCUT2D eigenvalue weighted by Crippen LogP contribution is -2.11. The van der Waals surface area contributed by atoms with Gasteiger partial charge in [-0.3, -0.25) is 0 Å². The Morgan fingerprint density at radius 1 is 0.966 bits per heavy atom. The largest absolute Gasteiger partial charge is 0.465 e.